The molecule has 1 aromatic rings. The van der Waals surface area contributed by atoms with Gasteiger partial charge in [-0.1, -0.05) is 5.21 Å². The summed E-state index contributed by atoms with van der Waals surface area (Å²) >= 11 is 3.34. The van der Waals surface area contributed by atoms with E-state index < -0.39 is 0 Å². The van der Waals surface area contributed by atoms with Crippen LogP contribution >= 0.6 is 15.9 Å². The van der Waals surface area contributed by atoms with Crippen LogP contribution in [0.4, 0.5) is 0 Å². The lowest BCUT2D eigenvalue weighted by Gasteiger charge is -2.15. The van der Waals surface area contributed by atoms with E-state index in [4.69, 9.17) is 10.6 Å². The van der Waals surface area contributed by atoms with E-state index in [1.54, 1.807) is 4.68 Å². The molecule has 6 nitrogen and oxygen atoms in total. The summed E-state index contributed by atoms with van der Waals surface area (Å²) in [6.07, 6.45) is 0.782. The van der Waals surface area contributed by atoms with E-state index in [1.807, 2.05) is 14.0 Å². The summed E-state index contributed by atoms with van der Waals surface area (Å²) in [4.78, 5) is 0. The predicted molar refractivity (Wildman–Crippen MR) is 59.9 cm³/mol. The topological polar surface area (TPSA) is 78.0 Å². The van der Waals surface area contributed by atoms with Gasteiger partial charge in [0, 0.05) is 20.3 Å². The fraction of sp³-hybridized carbons (Fsp3) is 0.750. The molecule has 1 heterocycles. The highest BCUT2D eigenvalue weighted by molar-refractivity contribution is 9.10. The lowest BCUT2D eigenvalue weighted by molar-refractivity contribution is 0.135. The molecule has 0 aliphatic heterocycles. The van der Waals surface area contributed by atoms with Gasteiger partial charge in [0.15, 0.2) is 4.60 Å². The maximum Gasteiger partial charge on any atom is 0.153 e. The number of nitrogens with one attached hydrogen (secondary N) is 1. The number of rotatable bonds is 6. The fourth-order valence-electron chi connectivity index (χ4n) is 1.35. The standard InChI is InChI=1S/C8H16BrN5O/c1-3-15-5-4-6(11-10)7-8(9)12-13-14(7)2/h6,11H,3-5,10H2,1-2H3. The second-order valence-corrected chi connectivity index (χ2v) is 3.85. The predicted octanol–water partition coefficient (Wildman–Crippen LogP) is 0.509. The number of hydrazine groups is 1. The van der Waals surface area contributed by atoms with Crippen LogP contribution in [0.25, 0.3) is 0 Å². The molecule has 0 amide bonds. The normalized spacial score (nSPS) is 13.1. The Morgan fingerprint density at radius 3 is 2.87 bits per heavy atom. The first-order valence-electron chi connectivity index (χ1n) is 4.79. The first-order valence-corrected chi connectivity index (χ1v) is 5.59. The third-order valence-corrected chi connectivity index (χ3v) is 2.68. The van der Waals surface area contributed by atoms with Gasteiger partial charge in [-0.25, -0.2) is 4.68 Å². The Morgan fingerprint density at radius 2 is 2.40 bits per heavy atom. The lowest BCUT2D eigenvalue weighted by atomic mass is 10.1. The highest BCUT2D eigenvalue weighted by Gasteiger charge is 2.18. The summed E-state index contributed by atoms with van der Waals surface area (Å²) in [7, 11) is 1.83. The molecule has 3 N–H and O–H groups in total. The third kappa shape index (κ3) is 3.23. The maximum atomic E-state index is 5.49. The van der Waals surface area contributed by atoms with Crippen LogP contribution in [0.2, 0.25) is 0 Å². The second kappa shape index (κ2) is 6.16. The van der Waals surface area contributed by atoms with Crippen molar-refractivity contribution in [3.8, 4) is 0 Å². The summed E-state index contributed by atoms with van der Waals surface area (Å²) in [6, 6.07) is -0.00840. The van der Waals surface area contributed by atoms with Gasteiger partial charge in [0.2, 0.25) is 0 Å². The minimum Gasteiger partial charge on any atom is -0.382 e. The van der Waals surface area contributed by atoms with Gasteiger partial charge < -0.3 is 4.74 Å². The van der Waals surface area contributed by atoms with E-state index in [-0.39, 0.29) is 6.04 Å². The van der Waals surface area contributed by atoms with Crippen molar-refractivity contribution in [1.29, 1.82) is 0 Å². The summed E-state index contributed by atoms with van der Waals surface area (Å²) < 4.78 is 7.69. The Morgan fingerprint density at radius 1 is 1.67 bits per heavy atom. The van der Waals surface area contributed by atoms with Gasteiger partial charge in [0.1, 0.15) is 0 Å². The fourth-order valence-corrected chi connectivity index (χ4v) is 1.96. The molecule has 0 aromatic carbocycles. The summed E-state index contributed by atoms with van der Waals surface area (Å²) in [5, 5.41) is 7.80. The zero-order valence-electron chi connectivity index (χ0n) is 8.90. The maximum absolute atomic E-state index is 5.49. The number of aromatic nitrogens is 3. The van der Waals surface area contributed by atoms with Crippen molar-refractivity contribution in [1.82, 2.24) is 20.4 Å². The van der Waals surface area contributed by atoms with E-state index >= 15 is 0 Å². The van der Waals surface area contributed by atoms with Crippen molar-refractivity contribution in [3.63, 3.8) is 0 Å². The smallest absolute Gasteiger partial charge is 0.153 e. The molecule has 0 radical (unpaired) electrons. The number of ether oxygens (including phenoxy) is 1. The van der Waals surface area contributed by atoms with E-state index in [2.05, 4.69) is 31.7 Å². The van der Waals surface area contributed by atoms with Gasteiger partial charge >= 0.3 is 0 Å². The van der Waals surface area contributed by atoms with Crippen molar-refractivity contribution < 1.29 is 4.74 Å². The van der Waals surface area contributed by atoms with Crippen LogP contribution in [-0.2, 0) is 11.8 Å². The van der Waals surface area contributed by atoms with Crippen molar-refractivity contribution in [2.45, 2.75) is 19.4 Å². The minimum absolute atomic E-state index is 0.00840. The zero-order chi connectivity index (χ0) is 11.3. The number of hydrogen-bond acceptors (Lipinski definition) is 5. The van der Waals surface area contributed by atoms with Gasteiger partial charge in [-0.2, -0.15) is 0 Å². The van der Waals surface area contributed by atoms with E-state index in [1.165, 1.54) is 0 Å². The molecule has 7 heteroatoms. The van der Waals surface area contributed by atoms with Crippen LogP contribution in [0.1, 0.15) is 25.1 Å². The molecule has 86 valence electrons. The highest BCUT2D eigenvalue weighted by atomic mass is 79.9. The molecular formula is C8H16BrN5O. The number of nitrogens with zero attached hydrogens (tertiary/aromatic N) is 3. The average Bonchev–Trinajstić information content (AvgIpc) is 2.55. The molecule has 0 saturated carbocycles. The van der Waals surface area contributed by atoms with Gasteiger partial charge in [-0.3, -0.25) is 11.3 Å². The molecule has 15 heavy (non-hydrogen) atoms. The van der Waals surface area contributed by atoms with Gasteiger partial charge in [-0.05, 0) is 29.3 Å². The Hall–Kier alpha value is -0.500. The molecule has 0 aliphatic rings. The first-order chi connectivity index (χ1) is 7.20. The van der Waals surface area contributed by atoms with Crippen LogP contribution in [0.3, 0.4) is 0 Å². The quantitative estimate of drug-likeness (QED) is 0.450. The molecule has 1 unspecified atom stereocenters. The van der Waals surface area contributed by atoms with E-state index in [9.17, 15) is 0 Å². The van der Waals surface area contributed by atoms with Crippen LogP contribution in [0.5, 0.6) is 0 Å². The number of aryl methyl sites for hydroxylation is 1. The van der Waals surface area contributed by atoms with Gasteiger partial charge in [0.05, 0.1) is 11.7 Å². The van der Waals surface area contributed by atoms with Crippen LogP contribution < -0.4 is 11.3 Å². The number of hydrogen-bond donors (Lipinski definition) is 2. The monoisotopic (exact) mass is 277 g/mol. The molecule has 0 saturated heterocycles. The molecule has 0 bridgehead atoms. The van der Waals surface area contributed by atoms with E-state index in [0.717, 1.165) is 12.1 Å². The molecule has 1 rings (SSSR count). The molecule has 1 atom stereocenters. The van der Waals surface area contributed by atoms with Gasteiger partial charge in [0.25, 0.3) is 0 Å². The number of nitrogens with two attached hydrogens (primary N) is 1. The van der Waals surface area contributed by atoms with Gasteiger partial charge in [-0.15, -0.1) is 5.10 Å². The average molecular weight is 278 g/mol. The molecule has 0 spiro atoms. The minimum atomic E-state index is -0.00840. The Kier molecular flexibility index (Phi) is 5.16. The summed E-state index contributed by atoms with van der Waals surface area (Å²) in [5.74, 6) is 5.49. The molecule has 0 aliphatic carbocycles. The van der Waals surface area contributed by atoms with Crippen molar-refractivity contribution in [2.24, 2.45) is 12.9 Å². The zero-order valence-corrected chi connectivity index (χ0v) is 10.5. The lowest BCUT2D eigenvalue weighted by Crippen LogP contribution is -2.30. The van der Waals surface area contributed by atoms with Crippen molar-refractivity contribution >= 4 is 15.9 Å². The largest absolute Gasteiger partial charge is 0.382 e. The molecule has 1 aromatic heterocycles. The first kappa shape index (κ1) is 12.6. The third-order valence-electron chi connectivity index (χ3n) is 2.11. The Labute approximate surface area is 97.3 Å². The van der Waals surface area contributed by atoms with E-state index in [0.29, 0.717) is 17.8 Å². The second-order valence-electron chi connectivity index (χ2n) is 3.09. The van der Waals surface area contributed by atoms with Crippen LogP contribution in [0.15, 0.2) is 4.60 Å². The van der Waals surface area contributed by atoms with Crippen molar-refractivity contribution in [2.75, 3.05) is 13.2 Å². The SMILES string of the molecule is CCOCCC(NN)c1c(Br)nnn1C. The summed E-state index contributed by atoms with van der Waals surface area (Å²) in [6.45, 7) is 3.33. The number of halogens is 1. The van der Waals surface area contributed by atoms with Crippen LogP contribution in [0, 0.1) is 0 Å². The Bertz CT molecular complexity index is 284. The summed E-state index contributed by atoms with van der Waals surface area (Å²) in [5.41, 5.74) is 3.66. The molecular weight excluding hydrogens is 262 g/mol. The highest BCUT2D eigenvalue weighted by Crippen LogP contribution is 2.22. The van der Waals surface area contributed by atoms with Crippen LogP contribution in [-0.4, -0.2) is 28.2 Å². The van der Waals surface area contributed by atoms with Crippen molar-refractivity contribution in [3.05, 3.63) is 10.3 Å². The molecule has 0 fully saturated rings. The Balaban J connectivity index is 2.65.